The lowest BCUT2D eigenvalue weighted by atomic mass is 10.1. The van der Waals surface area contributed by atoms with E-state index < -0.39 is 0 Å². The molecule has 0 radical (unpaired) electrons. The fourth-order valence-corrected chi connectivity index (χ4v) is 2.72. The van der Waals surface area contributed by atoms with Crippen LogP contribution in [-0.2, 0) is 6.54 Å². The molecule has 0 saturated heterocycles. The highest BCUT2D eigenvalue weighted by molar-refractivity contribution is 9.10. The lowest BCUT2D eigenvalue weighted by Crippen LogP contribution is -2.18. The SMILES string of the molecule is COc1cc(Cl)cc(CN[C@H](C)c2cccc(Br)c2)c1O. The van der Waals surface area contributed by atoms with Crippen LogP contribution in [0.15, 0.2) is 40.9 Å². The Balaban J connectivity index is 2.11. The maximum atomic E-state index is 10.1. The number of phenols is 1. The van der Waals surface area contributed by atoms with E-state index in [1.165, 1.54) is 7.11 Å². The zero-order chi connectivity index (χ0) is 15.4. The third kappa shape index (κ3) is 4.13. The smallest absolute Gasteiger partial charge is 0.162 e. The normalized spacial score (nSPS) is 12.2. The number of ether oxygens (including phenoxy) is 1. The second-order valence-corrected chi connectivity index (χ2v) is 6.13. The van der Waals surface area contributed by atoms with Crippen molar-refractivity contribution < 1.29 is 9.84 Å². The van der Waals surface area contributed by atoms with Crippen LogP contribution in [0.3, 0.4) is 0 Å². The summed E-state index contributed by atoms with van der Waals surface area (Å²) >= 11 is 9.49. The van der Waals surface area contributed by atoms with Gasteiger partial charge in [0.25, 0.3) is 0 Å². The fraction of sp³-hybridized carbons (Fsp3) is 0.250. The summed E-state index contributed by atoms with van der Waals surface area (Å²) in [6.07, 6.45) is 0. The molecule has 2 N–H and O–H groups in total. The molecular formula is C16H17BrClNO2. The van der Waals surface area contributed by atoms with Gasteiger partial charge in [-0.15, -0.1) is 0 Å². The summed E-state index contributed by atoms with van der Waals surface area (Å²) in [7, 11) is 1.51. The van der Waals surface area contributed by atoms with Crippen LogP contribution < -0.4 is 10.1 Å². The van der Waals surface area contributed by atoms with Gasteiger partial charge >= 0.3 is 0 Å². The molecule has 0 spiro atoms. The van der Waals surface area contributed by atoms with Gasteiger partial charge in [-0.1, -0.05) is 39.7 Å². The van der Waals surface area contributed by atoms with Crippen molar-refractivity contribution in [2.75, 3.05) is 7.11 Å². The maximum absolute atomic E-state index is 10.1. The molecule has 1 atom stereocenters. The maximum Gasteiger partial charge on any atom is 0.162 e. The van der Waals surface area contributed by atoms with E-state index in [1.807, 2.05) is 12.1 Å². The van der Waals surface area contributed by atoms with E-state index in [9.17, 15) is 5.11 Å². The van der Waals surface area contributed by atoms with Crippen LogP contribution in [0.5, 0.6) is 11.5 Å². The van der Waals surface area contributed by atoms with Gasteiger partial charge in [0.05, 0.1) is 7.11 Å². The van der Waals surface area contributed by atoms with Crippen molar-refractivity contribution in [3.63, 3.8) is 0 Å². The van der Waals surface area contributed by atoms with Gasteiger partial charge in [-0.3, -0.25) is 0 Å². The molecule has 0 aliphatic carbocycles. The van der Waals surface area contributed by atoms with Crippen LogP contribution in [0.4, 0.5) is 0 Å². The molecule has 0 aliphatic heterocycles. The van der Waals surface area contributed by atoms with Gasteiger partial charge in [0, 0.05) is 33.7 Å². The van der Waals surface area contributed by atoms with Crippen LogP contribution in [0.2, 0.25) is 5.02 Å². The Morgan fingerprint density at radius 2 is 2.10 bits per heavy atom. The van der Waals surface area contributed by atoms with Gasteiger partial charge in [-0.05, 0) is 30.7 Å². The molecule has 2 aromatic carbocycles. The summed E-state index contributed by atoms with van der Waals surface area (Å²) in [5.74, 6) is 0.505. The predicted molar refractivity (Wildman–Crippen MR) is 89.1 cm³/mol. The van der Waals surface area contributed by atoms with Gasteiger partial charge in [0.15, 0.2) is 11.5 Å². The molecule has 2 aromatic rings. The van der Waals surface area contributed by atoms with Gasteiger partial charge in [-0.25, -0.2) is 0 Å². The van der Waals surface area contributed by atoms with Gasteiger partial charge in [-0.2, -0.15) is 0 Å². The molecule has 0 amide bonds. The first-order valence-electron chi connectivity index (χ1n) is 6.55. The third-order valence-electron chi connectivity index (χ3n) is 3.29. The first-order chi connectivity index (χ1) is 10.0. The van der Waals surface area contributed by atoms with E-state index in [1.54, 1.807) is 12.1 Å². The molecule has 0 saturated carbocycles. The van der Waals surface area contributed by atoms with Crippen molar-refractivity contribution in [1.29, 1.82) is 0 Å². The molecular weight excluding hydrogens is 354 g/mol. The highest BCUT2D eigenvalue weighted by atomic mass is 79.9. The number of halogens is 2. The quantitative estimate of drug-likeness (QED) is 0.804. The molecule has 0 bridgehead atoms. The monoisotopic (exact) mass is 369 g/mol. The largest absolute Gasteiger partial charge is 0.504 e. The minimum Gasteiger partial charge on any atom is -0.504 e. The number of hydrogen-bond donors (Lipinski definition) is 2. The minimum absolute atomic E-state index is 0.121. The van der Waals surface area contributed by atoms with Crippen LogP contribution >= 0.6 is 27.5 Å². The summed E-state index contributed by atoms with van der Waals surface area (Å²) < 4.78 is 6.15. The number of hydrogen-bond acceptors (Lipinski definition) is 3. The average Bonchev–Trinajstić information content (AvgIpc) is 2.47. The number of rotatable bonds is 5. The van der Waals surface area contributed by atoms with Crippen LogP contribution in [-0.4, -0.2) is 12.2 Å². The van der Waals surface area contributed by atoms with Gasteiger partial charge in [0.2, 0.25) is 0 Å². The third-order valence-corrected chi connectivity index (χ3v) is 4.00. The average molecular weight is 371 g/mol. The molecule has 0 aromatic heterocycles. The number of benzene rings is 2. The lowest BCUT2D eigenvalue weighted by Gasteiger charge is -2.16. The van der Waals surface area contributed by atoms with Crippen LogP contribution in [0.25, 0.3) is 0 Å². The van der Waals surface area contributed by atoms with E-state index in [-0.39, 0.29) is 11.8 Å². The fourth-order valence-electron chi connectivity index (χ4n) is 2.08. The predicted octanol–water partition coefficient (Wildman–Crippen LogP) is 4.67. The number of nitrogens with one attached hydrogen (secondary N) is 1. The minimum atomic E-state index is 0.121. The first kappa shape index (κ1) is 16.1. The van der Waals surface area contributed by atoms with Crippen LogP contribution in [0, 0.1) is 0 Å². The van der Waals surface area contributed by atoms with E-state index in [2.05, 4.69) is 40.3 Å². The van der Waals surface area contributed by atoms with Crippen molar-refractivity contribution >= 4 is 27.5 Å². The zero-order valence-electron chi connectivity index (χ0n) is 11.9. The summed E-state index contributed by atoms with van der Waals surface area (Å²) in [6, 6.07) is 11.6. The second kappa shape index (κ2) is 7.16. The van der Waals surface area contributed by atoms with Crippen molar-refractivity contribution in [3.8, 4) is 11.5 Å². The van der Waals surface area contributed by atoms with E-state index in [0.29, 0.717) is 22.9 Å². The van der Waals surface area contributed by atoms with Crippen molar-refractivity contribution in [3.05, 3.63) is 57.0 Å². The Morgan fingerprint density at radius 1 is 1.33 bits per heavy atom. The molecule has 2 rings (SSSR count). The van der Waals surface area contributed by atoms with Gasteiger partial charge in [0.1, 0.15) is 0 Å². The summed E-state index contributed by atoms with van der Waals surface area (Å²) in [4.78, 5) is 0. The Kier molecular flexibility index (Phi) is 5.51. The molecule has 21 heavy (non-hydrogen) atoms. The lowest BCUT2D eigenvalue weighted by molar-refractivity contribution is 0.369. The number of phenolic OH excluding ortho intramolecular Hbond substituents is 1. The second-order valence-electron chi connectivity index (χ2n) is 4.77. The molecule has 0 aliphatic rings. The summed E-state index contributed by atoms with van der Waals surface area (Å²) in [5, 5.41) is 14.0. The molecule has 5 heteroatoms. The topological polar surface area (TPSA) is 41.5 Å². The Bertz CT molecular complexity index is 634. The number of methoxy groups -OCH3 is 1. The zero-order valence-corrected chi connectivity index (χ0v) is 14.2. The molecule has 0 heterocycles. The van der Waals surface area contributed by atoms with E-state index in [4.69, 9.17) is 16.3 Å². The highest BCUT2D eigenvalue weighted by Gasteiger charge is 2.12. The number of aromatic hydroxyl groups is 1. The summed E-state index contributed by atoms with van der Waals surface area (Å²) in [5.41, 5.74) is 1.87. The Morgan fingerprint density at radius 3 is 2.76 bits per heavy atom. The standard InChI is InChI=1S/C16H17BrClNO2/c1-10(11-4-3-5-13(17)6-11)19-9-12-7-14(18)8-15(21-2)16(12)20/h3-8,10,19-20H,9H2,1-2H3/t10-/m1/s1. The van der Waals surface area contributed by atoms with Crippen LogP contribution in [0.1, 0.15) is 24.1 Å². The highest BCUT2D eigenvalue weighted by Crippen LogP contribution is 2.33. The molecule has 3 nitrogen and oxygen atoms in total. The first-order valence-corrected chi connectivity index (χ1v) is 7.72. The van der Waals surface area contributed by atoms with Crippen molar-refractivity contribution in [1.82, 2.24) is 5.32 Å². The Labute approximate surface area is 138 Å². The van der Waals surface area contributed by atoms with E-state index in [0.717, 1.165) is 10.0 Å². The van der Waals surface area contributed by atoms with Crippen molar-refractivity contribution in [2.45, 2.75) is 19.5 Å². The Hall–Kier alpha value is -1.23. The van der Waals surface area contributed by atoms with Crippen molar-refractivity contribution in [2.24, 2.45) is 0 Å². The van der Waals surface area contributed by atoms with Gasteiger partial charge < -0.3 is 15.2 Å². The molecule has 0 unspecified atom stereocenters. The summed E-state index contributed by atoms with van der Waals surface area (Å²) in [6.45, 7) is 2.57. The molecule has 112 valence electrons. The molecule has 0 fully saturated rings. The van der Waals surface area contributed by atoms with E-state index >= 15 is 0 Å².